The number of para-hydroxylation sites is 2. The molecule has 0 N–H and O–H groups in total. The van der Waals surface area contributed by atoms with Gasteiger partial charge in [0.15, 0.2) is 0 Å². The number of hydrogen-bond acceptors (Lipinski definition) is 3. The molecule has 0 fully saturated rings. The molecule has 0 radical (unpaired) electrons. The van der Waals surface area contributed by atoms with E-state index in [0.717, 1.165) is 25.7 Å². The first kappa shape index (κ1) is 33.0. The van der Waals surface area contributed by atoms with Gasteiger partial charge in [0.05, 0.1) is 11.4 Å². The van der Waals surface area contributed by atoms with Crippen LogP contribution in [0.5, 0.6) is 0 Å². The van der Waals surface area contributed by atoms with Crippen molar-refractivity contribution in [2.75, 3.05) is 9.80 Å². The fraction of sp³-hybridized carbons (Fsp3) is 0.0943. The molecule has 11 rings (SSSR count). The molecule has 9 aromatic rings. The molecule has 1 atom stereocenters. The zero-order chi connectivity index (χ0) is 37.1. The zero-order valence-corrected chi connectivity index (χ0v) is 31.9. The summed E-state index contributed by atoms with van der Waals surface area (Å²) in [6.07, 6.45) is 4.30. The summed E-state index contributed by atoms with van der Waals surface area (Å²) < 4.78 is 2.64. The van der Waals surface area contributed by atoms with Gasteiger partial charge in [-0.05, 0) is 126 Å². The van der Waals surface area contributed by atoms with Crippen molar-refractivity contribution >= 4 is 65.6 Å². The third-order valence-corrected chi connectivity index (χ3v) is 13.3. The van der Waals surface area contributed by atoms with Gasteiger partial charge in [0, 0.05) is 48.3 Å². The Balaban J connectivity index is 1.15. The van der Waals surface area contributed by atoms with Gasteiger partial charge in [0.25, 0.3) is 0 Å². The number of hydrogen-bond donors (Lipinski definition) is 0. The number of thiophene rings is 1. The molecule has 1 spiro atoms. The van der Waals surface area contributed by atoms with E-state index in [0.29, 0.717) is 0 Å². The number of fused-ring (bicyclic) bond motifs is 7. The molecule has 2 nitrogen and oxygen atoms in total. The Labute approximate surface area is 332 Å². The molecule has 1 heterocycles. The van der Waals surface area contributed by atoms with Crippen LogP contribution in [-0.4, -0.2) is 0 Å². The monoisotopic (exact) mass is 736 g/mol. The minimum atomic E-state index is -0.142. The van der Waals surface area contributed by atoms with E-state index in [2.05, 4.69) is 204 Å². The molecule has 0 bridgehead atoms. The summed E-state index contributed by atoms with van der Waals surface area (Å²) in [4.78, 5) is 5.05. The van der Waals surface area contributed by atoms with Crippen LogP contribution < -0.4 is 9.80 Å². The Kier molecular flexibility index (Phi) is 7.89. The maximum atomic E-state index is 2.56. The Hall–Kier alpha value is -6.42. The van der Waals surface area contributed by atoms with Gasteiger partial charge in [-0.3, -0.25) is 0 Å². The standard InChI is InChI=1S/C53H40N2S/c1-4-15-37(16-5-1)40-19-12-24-43(35-40)55(44-29-30-46-45-25-10-11-28-49(45)56-50(46)36-44)48-27-14-18-39-32-34-53(52(39)48)33-31-38-17-13-26-47(51(38)53)54(41-20-6-2-7-21-41)42-22-8-3-9-23-42/h1-30,35-36H,31-34H2/t53-/m1/s1. The maximum Gasteiger partial charge on any atom is 0.0505 e. The smallest absolute Gasteiger partial charge is 0.0505 e. The van der Waals surface area contributed by atoms with Crippen molar-refractivity contribution in [1.29, 1.82) is 0 Å². The van der Waals surface area contributed by atoms with Crippen LogP contribution in [0.3, 0.4) is 0 Å². The highest BCUT2D eigenvalue weighted by Gasteiger charge is 2.49. The third kappa shape index (κ3) is 5.30. The molecule has 0 aliphatic heterocycles. The van der Waals surface area contributed by atoms with Crippen molar-refractivity contribution in [3.05, 3.63) is 216 Å². The highest BCUT2D eigenvalue weighted by atomic mass is 32.1. The normalized spacial score (nSPS) is 15.6. The fourth-order valence-electron chi connectivity index (χ4n) is 9.83. The maximum absolute atomic E-state index is 2.56. The molecule has 2 aliphatic rings. The number of aryl methyl sites for hydroxylation is 2. The average molecular weight is 737 g/mol. The first-order valence-corrected chi connectivity index (χ1v) is 20.6. The van der Waals surface area contributed by atoms with Crippen molar-refractivity contribution in [1.82, 2.24) is 0 Å². The molecule has 0 amide bonds. The predicted octanol–water partition coefficient (Wildman–Crippen LogP) is 14.8. The molecule has 0 unspecified atom stereocenters. The topological polar surface area (TPSA) is 6.48 Å². The van der Waals surface area contributed by atoms with Crippen molar-refractivity contribution < 1.29 is 0 Å². The Bertz CT molecular complexity index is 2840. The summed E-state index contributed by atoms with van der Waals surface area (Å²) in [5.41, 5.74) is 15.5. The van der Waals surface area contributed by atoms with Gasteiger partial charge >= 0.3 is 0 Å². The minimum Gasteiger partial charge on any atom is -0.310 e. The van der Waals surface area contributed by atoms with Crippen LogP contribution in [0.1, 0.15) is 35.1 Å². The lowest BCUT2D eigenvalue weighted by atomic mass is 9.74. The fourth-order valence-corrected chi connectivity index (χ4v) is 11.0. The van der Waals surface area contributed by atoms with Crippen LogP contribution in [0.15, 0.2) is 194 Å². The Morgan fingerprint density at radius 1 is 0.375 bits per heavy atom. The van der Waals surface area contributed by atoms with Crippen LogP contribution in [0.4, 0.5) is 34.1 Å². The molecule has 8 aromatic carbocycles. The Morgan fingerprint density at radius 3 is 1.54 bits per heavy atom. The highest BCUT2D eigenvalue weighted by Crippen LogP contribution is 2.60. The van der Waals surface area contributed by atoms with Gasteiger partial charge in [0.2, 0.25) is 0 Å². The summed E-state index contributed by atoms with van der Waals surface area (Å²) in [6, 6.07) is 71.8. The second kappa shape index (κ2) is 13.4. The van der Waals surface area contributed by atoms with E-state index >= 15 is 0 Å². The zero-order valence-electron chi connectivity index (χ0n) is 31.1. The van der Waals surface area contributed by atoms with E-state index in [9.17, 15) is 0 Å². The van der Waals surface area contributed by atoms with Crippen LogP contribution in [-0.2, 0) is 18.3 Å². The van der Waals surface area contributed by atoms with Crippen molar-refractivity contribution in [2.24, 2.45) is 0 Å². The minimum absolute atomic E-state index is 0.142. The first-order valence-electron chi connectivity index (χ1n) is 19.8. The van der Waals surface area contributed by atoms with Gasteiger partial charge in [-0.1, -0.05) is 127 Å². The molecular formula is C53H40N2S. The lowest BCUT2D eigenvalue weighted by molar-refractivity contribution is 0.508. The third-order valence-electron chi connectivity index (χ3n) is 12.2. The van der Waals surface area contributed by atoms with E-state index in [1.54, 1.807) is 0 Å². The highest BCUT2D eigenvalue weighted by molar-refractivity contribution is 7.25. The molecule has 268 valence electrons. The summed E-state index contributed by atoms with van der Waals surface area (Å²) in [7, 11) is 0. The molecule has 2 aliphatic carbocycles. The summed E-state index contributed by atoms with van der Waals surface area (Å²) in [5, 5.41) is 2.64. The molecule has 0 saturated heterocycles. The van der Waals surface area contributed by atoms with Gasteiger partial charge < -0.3 is 9.80 Å². The van der Waals surface area contributed by atoms with E-state index in [4.69, 9.17) is 0 Å². The lowest BCUT2D eigenvalue weighted by Crippen LogP contribution is -2.27. The predicted molar refractivity (Wildman–Crippen MR) is 238 cm³/mol. The van der Waals surface area contributed by atoms with E-state index in [1.165, 1.54) is 87.7 Å². The van der Waals surface area contributed by atoms with Crippen LogP contribution in [0.25, 0.3) is 31.3 Å². The van der Waals surface area contributed by atoms with E-state index in [-0.39, 0.29) is 5.41 Å². The van der Waals surface area contributed by atoms with Gasteiger partial charge in [-0.25, -0.2) is 0 Å². The number of rotatable bonds is 7. The van der Waals surface area contributed by atoms with Crippen LogP contribution in [0.2, 0.25) is 0 Å². The number of anilines is 6. The first-order chi connectivity index (χ1) is 27.7. The van der Waals surface area contributed by atoms with Gasteiger partial charge in [-0.15, -0.1) is 11.3 Å². The van der Waals surface area contributed by atoms with Crippen LogP contribution in [0, 0.1) is 0 Å². The number of benzene rings is 8. The average Bonchev–Trinajstić information content (AvgIpc) is 3.96. The summed E-state index contributed by atoms with van der Waals surface area (Å²) >= 11 is 1.89. The summed E-state index contributed by atoms with van der Waals surface area (Å²) in [5.74, 6) is 0. The molecule has 3 heteroatoms. The molecular weight excluding hydrogens is 697 g/mol. The lowest BCUT2D eigenvalue weighted by Gasteiger charge is -2.37. The SMILES string of the molecule is c1ccc(-c2cccc(N(c3ccc4c(c3)sc3ccccc34)c3cccc4c3[C@]3(CCc5cccc(N(c6ccccc6)c6ccccc6)c53)CC4)c2)cc1. The molecule has 56 heavy (non-hydrogen) atoms. The van der Waals surface area contributed by atoms with E-state index < -0.39 is 0 Å². The Morgan fingerprint density at radius 2 is 0.875 bits per heavy atom. The van der Waals surface area contributed by atoms with Crippen molar-refractivity contribution in [3.63, 3.8) is 0 Å². The van der Waals surface area contributed by atoms with Gasteiger partial charge in [0.1, 0.15) is 0 Å². The summed E-state index contributed by atoms with van der Waals surface area (Å²) in [6.45, 7) is 0. The van der Waals surface area contributed by atoms with E-state index in [1.807, 2.05) is 11.3 Å². The second-order valence-corrected chi connectivity index (χ2v) is 16.3. The van der Waals surface area contributed by atoms with Gasteiger partial charge in [-0.2, -0.15) is 0 Å². The quantitative estimate of drug-likeness (QED) is 0.161. The second-order valence-electron chi connectivity index (χ2n) is 15.2. The van der Waals surface area contributed by atoms with Crippen molar-refractivity contribution in [2.45, 2.75) is 31.1 Å². The van der Waals surface area contributed by atoms with Crippen molar-refractivity contribution in [3.8, 4) is 11.1 Å². The molecule has 0 saturated carbocycles. The largest absolute Gasteiger partial charge is 0.310 e. The molecule has 1 aromatic heterocycles. The van der Waals surface area contributed by atoms with Crippen LogP contribution >= 0.6 is 11.3 Å². The number of nitrogens with zero attached hydrogens (tertiary/aromatic N) is 2.